The van der Waals surface area contributed by atoms with Crippen molar-refractivity contribution in [1.82, 2.24) is 0 Å². The lowest BCUT2D eigenvalue weighted by molar-refractivity contribution is 0.102. The molecule has 0 radical (unpaired) electrons. The van der Waals surface area contributed by atoms with Gasteiger partial charge in [0.15, 0.2) is 0 Å². The van der Waals surface area contributed by atoms with Crippen LogP contribution < -0.4 is 20.5 Å². The van der Waals surface area contributed by atoms with E-state index in [1.165, 1.54) is 7.11 Å². The van der Waals surface area contributed by atoms with Gasteiger partial charge in [0.25, 0.3) is 5.91 Å². The number of nitrogens with two attached hydrogens (primary N) is 1. The molecule has 3 N–H and O–H groups in total. The van der Waals surface area contributed by atoms with Crippen molar-refractivity contribution in [2.75, 3.05) is 24.8 Å². The number of hydrogen-bond acceptors (Lipinski definition) is 4. The van der Waals surface area contributed by atoms with Gasteiger partial charge in [0, 0.05) is 17.3 Å². The molecule has 24 heavy (non-hydrogen) atoms. The maximum Gasteiger partial charge on any atom is 0.255 e. The third kappa shape index (κ3) is 4.91. The summed E-state index contributed by atoms with van der Waals surface area (Å²) in [5.41, 5.74) is 7.39. The van der Waals surface area contributed by atoms with Crippen molar-refractivity contribution in [2.45, 2.75) is 20.3 Å². The number of methoxy groups -OCH3 is 1. The van der Waals surface area contributed by atoms with Crippen LogP contribution in [0.2, 0.25) is 0 Å². The van der Waals surface area contributed by atoms with Crippen LogP contribution >= 0.6 is 0 Å². The van der Waals surface area contributed by atoms with Gasteiger partial charge in [0.1, 0.15) is 11.5 Å². The minimum Gasteiger partial charge on any atom is -0.494 e. The number of carbonyl (C=O) groups is 1. The third-order valence-electron chi connectivity index (χ3n) is 3.53. The van der Waals surface area contributed by atoms with E-state index in [9.17, 15) is 4.79 Å². The molecule has 0 unspecified atom stereocenters. The number of rotatable bonds is 7. The monoisotopic (exact) mass is 328 g/mol. The van der Waals surface area contributed by atoms with Crippen molar-refractivity contribution in [3.63, 3.8) is 0 Å². The molecule has 0 atom stereocenters. The van der Waals surface area contributed by atoms with Crippen LogP contribution in [0.5, 0.6) is 11.5 Å². The second-order valence-corrected chi connectivity index (χ2v) is 5.97. The molecule has 0 spiro atoms. The molecular formula is C19H24N2O3. The Hall–Kier alpha value is -2.69. The molecule has 5 nitrogen and oxygen atoms in total. The van der Waals surface area contributed by atoms with Crippen molar-refractivity contribution >= 4 is 17.3 Å². The molecule has 0 aliphatic carbocycles. The molecular weight excluding hydrogens is 304 g/mol. The zero-order chi connectivity index (χ0) is 17.5. The minimum absolute atomic E-state index is 0.229. The van der Waals surface area contributed by atoms with Gasteiger partial charge in [-0.2, -0.15) is 0 Å². The molecule has 2 aromatic carbocycles. The Morgan fingerprint density at radius 3 is 2.71 bits per heavy atom. The van der Waals surface area contributed by atoms with Crippen LogP contribution in [0.3, 0.4) is 0 Å². The molecule has 2 rings (SSSR count). The first kappa shape index (κ1) is 17.7. The van der Waals surface area contributed by atoms with Crippen molar-refractivity contribution in [3.8, 4) is 11.5 Å². The van der Waals surface area contributed by atoms with Gasteiger partial charge in [0.05, 0.1) is 19.4 Å². The van der Waals surface area contributed by atoms with Crippen molar-refractivity contribution < 1.29 is 14.3 Å². The standard InChI is InChI=1S/C19H24N2O3/c1-13(2)9-10-24-16-6-4-5-14(11-16)19(22)21-17-8-7-15(20)12-18(17)23-3/h4-8,11-13H,9-10,20H2,1-3H3,(H,21,22). The molecule has 0 saturated carbocycles. The first-order valence-corrected chi connectivity index (χ1v) is 7.97. The summed E-state index contributed by atoms with van der Waals surface area (Å²) in [4.78, 5) is 12.4. The molecule has 0 heterocycles. The zero-order valence-corrected chi connectivity index (χ0v) is 14.3. The SMILES string of the molecule is COc1cc(N)ccc1NC(=O)c1cccc(OCCC(C)C)c1. The zero-order valence-electron chi connectivity index (χ0n) is 14.3. The lowest BCUT2D eigenvalue weighted by Gasteiger charge is -2.12. The number of nitrogen functional groups attached to an aromatic ring is 1. The van der Waals surface area contributed by atoms with Crippen molar-refractivity contribution in [1.29, 1.82) is 0 Å². The van der Waals surface area contributed by atoms with E-state index in [-0.39, 0.29) is 5.91 Å². The highest BCUT2D eigenvalue weighted by atomic mass is 16.5. The number of amides is 1. The van der Waals surface area contributed by atoms with Gasteiger partial charge < -0.3 is 20.5 Å². The van der Waals surface area contributed by atoms with Crippen LogP contribution in [-0.4, -0.2) is 19.6 Å². The summed E-state index contributed by atoms with van der Waals surface area (Å²) < 4.78 is 10.9. The molecule has 0 aliphatic heterocycles. The van der Waals surface area contributed by atoms with E-state index in [1.807, 2.05) is 6.07 Å². The van der Waals surface area contributed by atoms with Gasteiger partial charge in [0.2, 0.25) is 0 Å². The molecule has 0 aromatic heterocycles. The van der Waals surface area contributed by atoms with Gasteiger partial charge in [-0.05, 0) is 42.7 Å². The van der Waals surface area contributed by atoms with Crippen LogP contribution in [0, 0.1) is 5.92 Å². The number of nitrogens with one attached hydrogen (secondary N) is 1. The number of hydrogen-bond donors (Lipinski definition) is 2. The lowest BCUT2D eigenvalue weighted by Crippen LogP contribution is -2.13. The fourth-order valence-electron chi connectivity index (χ4n) is 2.15. The first-order chi connectivity index (χ1) is 11.5. The highest BCUT2D eigenvalue weighted by Gasteiger charge is 2.11. The highest BCUT2D eigenvalue weighted by molar-refractivity contribution is 6.05. The predicted molar refractivity (Wildman–Crippen MR) is 96.8 cm³/mol. The second kappa shape index (κ2) is 8.24. The van der Waals surface area contributed by atoms with Crippen molar-refractivity contribution in [2.24, 2.45) is 5.92 Å². The number of benzene rings is 2. The lowest BCUT2D eigenvalue weighted by atomic mass is 10.1. The van der Waals surface area contributed by atoms with Gasteiger partial charge in [-0.25, -0.2) is 0 Å². The van der Waals surface area contributed by atoms with Gasteiger partial charge in [-0.15, -0.1) is 0 Å². The Bertz CT molecular complexity index is 699. The van der Waals surface area contributed by atoms with E-state index in [1.54, 1.807) is 36.4 Å². The Labute approximate surface area is 142 Å². The Morgan fingerprint density at radius 2 is 2.00 bits per heavy atom. The quantitative estimate of drug-likeness (QED) is 0.755. The van der Waals surface area contributed by atoms with Gasteiger partial charge >= 0.3 is 0 Å². The molecule has 0 bridgehead atoms. The van der Waals surface area contributed by atoms with E-state index in [2.05, 4.69) is 19.2 Å². The van der Waals surface area contributed by atoms with Gasteiger partial charge in [-0.1, -0.05) is 19.9 Å². The fourth-order valence-corrected chi connectivity index (χ4v) is 2.15. The van der Waals surface area contributed by atoms with E-state index >= 15 is 0 Å². The highest BCUT2D eigenvalue weighted by Crippen LogP contribution is 2.27. The van der Waals surface area contributed by atoms with Crippen LogP contribution in [0.1, 0.15) is 30.6 Å². The summed E-state index contributed by atoms with van der Waals surface area (Å²) in [6.45, 7) is 4.93. The Kier molecular flexibility index (Phi) is 6.07. The summed E-state index contributed by atoms with van der Waals surface area (Å²) in [5.74, 6) is 1.56. The van der Waals surface area contributed by atoms with Crippen LogP contribution in [0.25, 0.3) is 0 Å². The molecule has 2 aromatic rings. The van der Waals surface area contributed by atoms with Crippen molar-refractivity contribution in [3.05, 3.63) is 48.0 Å². The summed E-state index contributed by atoms with van der Waals surface area (Å²) in [6.07, 6.45) is 0.971. The van der Waals surface area contributed by atoms with E-state index in [4.69, 9.17) is 15.2 Å². The molecule has 0 fully saturated rings. The maximum absolute atomic E-state index is 12.4. The minimum atomic E-state index is -0.229. The van der Waals surface area contributed by atoms with E-state index < -0.39 is 0 Å². The third-order valence-corrected chi connectivity index (χ3v) is 3.53. The molecule has 0 saturated heterocycles. The summed E-state index contributed by atoms with van der Waals surface area (Å²) >= 11 is 0. The molecule has 0 aliphatic rings. The van der Waals surface area contributed by atoms with Crippen LogP contribution in [0.4, 0.5) is 11.4 Å². The second-order valence-electron chi connectivity index (χ2n) is 5.97. The molecule has 128 valence electrons. The van der Waals surface area contributed by atoms with Gasteiger partial charge in [-0.3, -0.25) is 4.79 Å². The van der Waals surface area contributed by atoms with Crippen LogP contribution in [-0.2, 0) is 0 Å². The topological polar surface area (TPSA) is 73.6 Å². The molecule has 5 heteroatoms. The number of anilines is 2. The first-order valence-electron chi connectivity index (χ1n) is 7.97. The molecule has 1 amide bonds. The fraction of sp³-hybridized carbons (Fsp3) is 0.316. The smallest absolute Gasteiger partial charge is 0.255 e. The van der Waals surface area contributed by atoms with Crippen LogP contribution in [0.15, 0.2) is 42.5 Å². The average Bonchev–Trinajstić information content (AvgIpc) is 2.56. The average molecular weight is 328 g/mol. The number of ether oxygens (including phenoxy) is 2. The Morgan fingerprint density at radius 1 is 1.21 bits per heavy atom. The summed E-state index contributed by atoms with van der Waals surface area (Å²) in [7, 11) is 1.54. The van der Waals surface area contributed by atoms with E-state index in [0.29, 0.717) is 41.0 Å². The number of carbonyl (C=O) groups excluding carboxylic acids is 1. The normalized spacial score (nSPS) is 10.5. The summed E-state index contributed by atoms with van der Waals surface area (Å²) in [6, 6.07) is 12.2. The predicted octanol–water partition coefficient (Wildman–Crippen LogP) is 3.95. The summed E-state index contributed by atoms with van der Waals surface area (Å²) in [5, 5.41) is 2.83. The Balaban J connectivity index is 2.07. The largest absolute Gasteiger partial charge is 0.494 e. The maximum atomic E-state index is 12.4. The van der Waals surface area contributed by atoms with E-state index in [0.717, 1.165) is 6.42 Å².